The molecule has 0 radical (unpaired) electrons. The number of morpholine rings is 1. The molecule has 1 aliphatic heterocycles. The monoisotopic (exact) mass is 487 g/mol. The minimum Gasteiger partial charge on any atom is -0.372 e. The van der Waals surface area contributed by atoms with Gasteiger partial charge in [0.05, 0.1) is 30.1 Å². The van der Waals surface area contributed by atoms with Crippen molar-refractivity contribution in [3.63, 3.8) is 0 Å². The van der Waals surface area contributed by atoms with Gasteiger partial charge in [-0.3, -0.25) is 9.48 Å². The smallest absolute Gasteiger partial charge is 0.284 e. The van der Waals surface area contributed by atoms with E-state index < -0.39 is 18.0 Å². The lowest BCUT2D eigenvalue weighted by atomic mass is 9.87. The standard InChI is InChI=1S/C24H31F2N7O2/c1-14-4-6-17(7-5-14)33-13-19(21(30-33)22(25)26)28-24(34)18-10-27-32-9-8-20(29-23(18)32)31-11-15(2)35-16(3)12-31/h8-10,13-17,22H,4-7,11-12H2,1-3H3,(H,28,34)/t14-,15-,16-,17-/m1/s1. The largest absolute Gasteiger partial charge is 0.372 e. The van der Waals surface area contributed by atoms with Gasteiger partial charge in [0.2, 0.25) is 0 Å². The van der Waals surface area contributed by atoms with Gasteiger partial charge in [0.1, 0.15) is 11.4 Å². The second-order valence-corrected chi connectivity index (χ2v) is 9.85. The SMILES string of the molecule is C[C@@H]1CN(c2ccn3ncc(C(=O)Nc4cn([C@H]5CC[C@H](C)CC5)nc4C(F)F)c3n2)C[C@@H](C)O1. The summed E-state index contributed by atoms with van der Waals surface area (Å²) < 4.78 is 36.4. The molecule has 9 nitrogen and oxygen atoms in total. The van der Waals surface area contributed by atoms with Gasteiger partial charge in [-0.25, -0.2) is 18.3 Å². The summed E-state index contributed by atoms with van der Waals surface area (Å²) in [5.41, 5.74) is 0.174. The number of nitrogens with zero attached hydrogens (tertiary/aromatic N) is 6. The van der Waals surface area contributed by atoms with Gasteiger partial charge in [0.25, 0.3) is 12.3 Å². The molecule has 1 aliphatic carbocycles. The number of hydrogen-bond donors (Lipinski definition) is 1. The molecule has 2 atom stereocenters. The fourth-order valence-electron chi connectivity index (χ4n) is 5.11. The first-order chi connectivity index (χ1) is 16.8. The summed E-state index contributed by atoms with van der Waals surface area (Å²) in [5.74, 6) is 0.793. The quantitative estimate of drug-likeness (QED) is 0.571. The highest BCUT2D eigenvalue weighted by atomic mass is 19.3. The van der Waals surface area contributed by atoms with E-state index in [-0.39, 0.29) is 29.5 Å². The number of anilines is 2. The number of ether oxygens (including phenoxy) is 1. The van der Waals surface area contributed by atoms with Crippen LogP contribution in [0.25, 0.3) is 5.65 Å². The zero-order valence-electron chi connectivity index (χ0n) is 20.2. The molecule has 1 amide bonds. The molecule has 11 heteroatoms. The number of amides is 1. The topological polar surface area (TPSA) is 89.6 Å². The van der Waals surface area contributed by atoms with E-state index in [1.807, 2.05) is 19.9 Å². The minimum atomic E-state index is -2.80. The molecule has 3 aromatic heterocycles. The summed E-state index contributed by atoms with van der Waals surface area (Å²) in [6.45, 7) is 7.58. The lowest BCUT2D eigenvalue weighted by molar-refractivity contribution is -0.00545. The number of rotatable bonds is 5. The fourth-order valence-corrected chi connectivity index (χ4v) is 5.11. The first-order valence-electron chi connectivity index (χ1n) is 12.2. The van der Waals surface area contributed by atoms with Crippen LogP contribution in [0.15, 0.2) is 24.7 Å². The number of halogens is 2. The zero-order valence-corrected chi connectivity index (χ0v) is 20.2. The Kier molecular flexibility index (Phi) is 6.43. The average molecular weight is 488 g/mol. The maximum absolute atomic E-state index is 13.8. The molecule has 0 spiro atoms. The minimum absolute atomic E-state index is 0.0231. The van der Waals surface area contributed by atoms with Crippen LogP contribution in [0.3, 0.4) is 0 Å². The molecule has 188 valence electrons. The van der Waals surface area contributed by atoms with Crippen LogP contribution in [0, 0.1) is 5.92 Å². The Bertz CT molecular complexity index is 1190. The second kappa shape index (κ2) is 9.52. The average Bonchev–Trinajstić information content (AvgIpc) is 3.43. The Morgan fingerprint density at radius 3 is 2.54 bits per heavy atom. The van der Waals surface area contributed by atoms with Crippen molar-refractivity contribution in [2.24, 2.45) is 5.92 Å². The van der Waals surface area contributed by atoms with Gasteiger partial charge < -0.3 is 15.0 Å². The fraction of sp³-hybridized carbons (Fsp3) is 0.583. The van der Waals surface area contributed by atoms with E-state index in [4.69, 9.17) is 4.74 Å². The maximum atomic E-state index is 13.8. The third-order valence-corrected chi connectivity index (χ3v) is 6.92. The van der Waals surface area contributed by atoms with Gasteiger partial charge in [0.15, 0.2) is 11.3 Å². The third-order valence-electron chi connectivity index (χ3n) is 6.92. The van der Waals surface area contributed by atoms with Crippen LogP contribution in [0.1, 0.15) is 75.0 Å². The molecule has 2 fully saturated rings. The summed E-state index contributed by atoms with van der Waals surface area (Å²) >= 11 is 0. The molecule has 0 unspecified atom stereocenters. The molecule has 0 bridgehead atoms. The van der Waals surface area contributed by atoms with Crippen molar-refractivity contribution in [2.75, 3.05) is 23.3 Å². The summed E-state index contributed by atoms with van der Waals surface area (Å²) in [4.78, 5) is 19.9. The summed E-state index contributed by atoms with van der Waals surface area (Å²) in [5, 5.41) is 11.0. The summed E-state index contributed by atoms with van der Waals surface area (Å²) in [6.07, 6.45) is 5.83. The lowest BCUT2D eigenvalue weighted by Crippen LogP contribution is -2.45. The van der Waals surface area contributed by atoms with E-state index in [1.54, 1.807) is 10.9 Å². The molecule has 4 heterocycles. The van der Waals surface area contributed by atoms with Crippen LogP contribution in [0.2, 0.25) is 0 Å². The molecule has 3 aromatic rings. The van der Waals surface area contributed by atoms with Crippen LogP contribution in [0.4, 0.5) is 20.3 Å². The molecule has 35 heavy (non-hydrogen) atoms. The van der Waals surface area contributed by atoms with Crippen molar-refractivity contribution in [3.05, 3.63) is 35.9 Å². The van der Waals surface area contributed by atoms with Gasteiger partial charge in [-0.05, 0) is 51.5 Å². The molecule has 1 saturated carbocycles. The van der Waals surface area contributed by atoms with E-state index in [0.717, 1.165) is 25.7 Å². The van der Waals surface area contributed by atoms with Gasteiger partial charge in [-0.2, -0.15) is 10.2 Å². The molecule has 2 aliphatic rings. The number of alkyl halides is 2. The summed E-state index contributed by atoms with van der Waals surface area (Å²) in [7, 11) is 0. The van der Waals surface area contributed by atoms with Crippen molar-refractivity contribution in [2.45, 2.75) is 71.1 Å². The van der Waals surface area contributed by atoms with E-state index in [1.165, 1.54) is 16.9 Å². The first-order valence-corrected chi connectivity index (χ1v) is 12.2. The van der Waals surface area contributed by atoms with Gasteiger partial charge >= 0.3 is 0 Å². The predicted octanol–water partition coefficient (Wildman–Crippen LogP) is 4.48. The first kappa shape index (κ1) is 23.7. The Labute approximate surface area is 202 Å². The van der Waals surface area contributed by atoms with E-state index in [2.05, 4.69) is 32.3 Å². The molecule has 5 rings (SSSR count). The molecular formula is C24H31F2N7O2. The number of carbonyl (C=O) groups excluding carboxylic acids is 1. The highest BCUT2D eigenvalue weighted by Gasteiger charge is 2.27. The van der Waals surface area contributed by atoms with Crippen molar-refractivity contribution in [3.8, 4) is 0 Å². The normalized spacial score (nSPS) is 25.4. The Morgan fingerprint density at radius 1 is 1.14 bits per heavy atom. The van der Waals surface area contributed by atoms with Gasteiger partial charge in [-0.15, -0.1) is 0 Å². The highest BCUT2D eigenvalue weighted by Crippen LogP contribution is 2.34. The van der Waals surface area contributed by atoms with E-state index >= 15 is 0 Å². The molecule has 1 saturated heterocycles. The number of hydrogen-bond acceptors (Lipinski definition) is 6. The molecule has 0 aromatic carbocycles. The van der Waals surface area contributed by atoms with Crippen LogP contribution in [-0.4, -0.2) is 55.6 Å². The van der Waals surface area contributed by atoms with Crippen LogP contribution >= 0.6 is 0 Å². The number of fused-ring (bicyclic) bond motifs is 1. The molecular weight excluding hydrogens is 456 g/mol. The van der Waals surface area contributed by atoms with E-state index in [9.17, 15) is 13.6 Å². The zero-order chi connectivity index (χ0) is 24.7. The van der Waals surface area contributed by atoms with Gasteiger partial charge in [-0.1, -0.05) is 6.92 Å². The van der Waals surface area contributed by atoms with Crippen LogP contribution in [0.5, 0.6) is 0 Å². The Balaban J connectivity index is 1.39. The van der Waals surface area contributed by atoms with E-state index in [0.29, 0.717) is 30.5 Å². The Morgan fingerprint density at radius 2 is 1.86 bits per heavy atom. The predicted molar refractivity (Wildman–Crippen MR) is 127 cm³/mol. The van der Waals surface area contributed by atoms with Gasteiger partial charge in [0, 0.05) is 25.5 Å². The van der Waals surface area contributed by atoms with Crippen LogP contribution in [-0.2, 0) is 4.74 Å². The number of nitrogens with one attached hydrogen (secondary N) is 1. The Hall–Kier alpha value is -3.08. The van der Waals surface area contributed by atoms with Crippen molar-refractivity contribution in [1.82, 2.24) is 24.4 Å². The maximum Gasteiger partial charge on any atom is 0.284 e. The molecule has 1 N–H and O–H groups in total. The van der Waals surface area contributed by atoms with Crippen LogP contribution < -0.4 is 10.2 Å². The number of carbonyl (C=O) groups is 1. The third kappa shape index (κ3) is 4.86. The lowest BCUT2D eigenvalue weighted by Gasteiger charge is -2.36. The highest BCUT2D eigenvalue weighted by molar-refractivity contribution is 6.08. The summed E-state index contributed by atoms with van der Waals surface area (Å²) in [6, 6.07) is 1.91. The van der Waals surface area contributed by atoms with Crippen molar-refractivity contribution < 1.29 is 18.3 Å². The number of aromatic nitrogens is 5. The van der Waals surface area contributed by atoms with Crippen molar-refractivity contribution in [1.29, 1.82) is 0 Å². The van der Waals surface area contributed by atoms with Crippen molar-refractivity contribution >= 4 is 23.1 Å². The second-order valence-electron chi connectivity index (χ2n) is 9.85.